The summed E-state index contributed by atoms with van der Waals surface area (Å²) in [6, 6.07) is 18.6. The van der Waals surface area contributed by atoms with Crippen LogP contribution in [0, 0.1) is 0 Å². The molecule has 1 heterocycles. The van der Waals surface area contributed by atoms with E-state index in [1.165, 1.54) is 11.8 Å². The SMILES string of the molecule is C[C@H](Sc1nc(C2CC2)n(-c2ccccc2)n1)C(=O)NNC(=O)c1ccccc1. The zero-order valence-electron chi connectivity index (χ0n) is 15.9. The molecule has 4 rings (SSSR count). The Kier molecular flexibility index (Phi) is 5.62. The summed E-state index contributed by atoms with van der Waals surface area (Å²) in [7, 11) is 0. The van der Waals surface area contributed by atoms with Gasteiger partial charge in [-0.1, -0.05) is 48.2 Å². The predicted octanol–water partition coefficient (Wildman–Crippen LogP) is 3.09. The van der Waals surface area contributed by atoms with Crippen molar-refractivity contribution in [3.05, 3.63) is 72.1 Å². The molecule has 0 unspecified atom stereocenters. The molecule has 2 amide bonds. The number of hydrogen-bond donors (Lipinski definition) is 2. The van der Waals surface area contributed by atoms with Gasteiger partial charge < -0.3 is 0 Å². The molecule has 1 saturated carbocycles. The van der Waals surface area contributed by atoms with Crippen LogP contribution < -0.4 is 10.9 Å². The van der Waals surface area contributed by atoms with Crippen LogP contribution in [-0.2, 0) is 4.79 Å². The molecule has 1 fully saturated rings. The van der Waals surface area contributed by atoms with Gasteiger partial charge in [-0.25, -0.2) is 9.67 Å². The van der Waals surface area contributed by atoms with Gasteiger partial charge in [-0.2, -0.15) is 0 Å². The number of carbonyl (C=O) groups is 2. The predicted molar refractivity (Wildman–Crippen MR) is 111 cm³/mol. The van der Waals surface area contributed by atoms with Gasteiger partial charge in [0.25, 0.3) is 11.8 Å². The van der Waals surface area contributed by atoms with Crippen molar-refractivity contribution in [2.75, 3.05) is 0 Å². The minimum absolute atomic E-state index is 0.316. The second kappa shape index (κ2) is 8.48. The molecule has 1 atom stereocenters. The lowest BCUT2D eigenvalue weighted by atomic mass is 10.2. The zero-order chi connectivity index (χ0) is 20.2. The van der Waals surface area contributed by atoms with E-state index in [0.29, 0.717) is 16.6 Å². The van der Waals surface area contributed by atoms with E-state index in [1.807, 2.05) is 41.1 Å². The first-order valence-corrected chi connectivity index (χ1v) is 10.3. The highest BCUT2D eigenvalue weighted by atomic mass is 32.2. The monoisotopic (exact) mass is 407 g/mol. The molecule has 0 bridgehead atoms. The summed E-state index contributed by atoms with van der Waals surface area (Å²) in [6.07, 6.45) is 2.22. The fourth-order valence-electron chi connectivity index (χ4n) is 2.81. The Morgan fingerprint density at radius 2 is 1.69 bits per heavy atom. The van der Waals surface area contributed by atoms with Crippen LogP contribution in [0.3, 0.4) is 0 Å². The van der Waals surface area contributed by atoms with Crippen molar-refractivity contribution in [1.29, 1.82) is 0 Å². The van der Waals surface area contributed by atoms with E-state index >= 15 is 0 Å². The molecule has 148 valence electrons. The lowest BCUT2D eigenvalue weighted by molar-refractivity contribution is -0.121. The first-order valence-electron chi connectivity index (χ1n) is 9.46. The number of benzene rings is 2. The van der Waals surface area contributed by atoms with Gasteiger partial charge in [0.2, 0.25) is 5.16 Å². The summed E-state index contributed by atoms with van der Waals surface area (Å²) in [5.41, 5.74) is 6.34. The number of para-hydroxylation sites is 1. The van der Waals surface area contributed by atoms with Crippen LogP contribution in [0.2, 0.25) is 0 Å². The van der Waals surface area contributed by atoms with Crippen LogP contribution in [0.4, 0.5) is 0 Å². The number of amides is 2. The van der Waals surface area contributed by atoms with Gasteiger partial charge >= 0.3 is 0 Å². The van der Waals surface area contributed by atoms with E-state index in [-0.39, 0.29) is 11.8 Å². The molecule has 0 radical (unpaired) electrons. The maximum Gasteiger partial charge on any atom is 0.269 e. The van der Waals surface area contributed by atoms with Crippen molar-refractivity contribution >= 4 is 23.6 Å². The van der Waals surface area contributed by atoms with E-state index in [1.54, 1.807) is 31.2 Å². The molecule has 0 aliphatic heterocycles. The second-order valence-corrected chi connectivity index (χ2v) is 8.15. The Morgan fingerprint density at radius 3 is 2.34 bits per heavy atom. The average molecular weight is 407 g/mol. The molecule has 0 spiro atoms. The van der Waals surface area contributed by atoms with E-state index < -0.39 is 5.25 Å². The number of nitrogens with one attached hydrogen (secondary N) is 2. The van der Waals surface area contributed by atoms with Crippen molar-refractivity contribution in [3.63, 3.8) is 0 Å². The molecule has 1 aliphatic carbocycles. The fraction of sp³-hybridized carbons (Fsp3) is 0.238. The lowest BCUT2D eigenvalue weighted by Gasteiger charge is -2.11. The fourth-order valence-corrected chi connectivity index (χ4v) is 3.57. The van der Waals surface area contributed by atoms with E-state index in [2.05, 4.69) is 20.9 Å². The van der Waals surface area contributed by atoms with Crippen molar-refractivity contribution in [1.82, 2.24) is 25.6 Å². The van der Waals surface area contributed by atoms with Gasteiger partial charge in [0, 0.05) is 11.5 Å². The third-order valence-electron chi connectivity index (χ3n) is 4.54. The van der Waals surface area contributed by atoms with Crippen LogP contribution in [0.1, 0.15) is 41.9 Å². The summed E-state index contributed by atoms with van der Waals surface area (Å²) >= 11 is 1.27. The topological polar surface area (TPSA) is 88.9 Å². The van der Waals surface area contributed by atoms with Gasteiger partial charge in [-0.3, -0.25) is 20.4 Å². The molecule has 3 aromatic rings. The average Bonchev–Trinajstić information content (AvgIpc) is 3.53. The smallest absolute Gasteiger partial charge is 0.269 e. The summed E-state index contributed by atoms with van der Waals surface area (Å²) < 4.78 is 1.86. The summed E-state index contributed by atoms with van der Waals surface area (Å²) in [5, 5.41) is 4.69. The van der Waals surface area contributed by atoms with Crippen LogP contribution >= 0.6 is 11.8 Å². The highest BCUT2D eigenvalue weighted by Gasteiger charge is 2.31. The molecule has 2 N–H and O–H groups in total. The Hall–Kier alpha value is -3.13. The van der Waals surface area contributed by atoms with Gasteiger partial charge in [0.05, 0.1) is 10.9 Å². The highest BCUT2D eigenvalue weighted by Crippen LogP contribution is 2.40. The van der Waals surface area contributed by atoms with Gasteiger partial charge in [0.1, 0.15) is 5.82 Å². The Morgan fingerprint density at radius 1 is 1.03 bits per heavy atom. The van der Waals surface area contributed by atoms with Crippen molar-refractivity contribution < 1.29 is 9.59 Å². The lowest BCUT2D eigenvalue weighted by Crippen LogP contribution is -2.44. The van der Waals surface area contributed by atoms with E-state index in [0.717, 1.165) is 24.4 Å². The number of aromatic nitrogens is 3. The largest absolute Gasteiger partial charge is 0.272 e. The highest BCUT2D eigenvalue weighted by molar-refractivity contribution is 8.00. The van der Waals surface area contributed by atoms with Crippen molar-refractivity contribution in [2.45, 2.75) is 36.1 Å². The Labute approximate surface area is 172 Å². The number of nitrogens with zero attached hydrogens (tertiary/aromatic N) is 3. The minimum Gasteiger partial charge on any atom is -0.272 e. The van der Waals surface area contributed by atoms with Crippen molar-refractivity contribution in [3.8, 4) is 5.69 Å². The minimum atomic E-state index is -0.468. The molecular weight excluding hydrogens is 386 g/mol. The van der Waals surface area contributed by atoms with E-state index in [4.69, 9.17) is 0 Å². The number of hydrazine groups is 1. The number of thioether (sulfide) groups is 1. The summed E-state index contributed by atoms with van der Waals surface area (Å²) in [5.74, 6) is 0.678. The first-order chi connectivity index (χ1) is 14.1. The van der Waals surface area contributed by atoms with Gasteiger partial charge in [0.15, 0.2) is 0 Å². The van der Waals surface area contributed by atoms with Gasteiger partial charge in [-0.15, -0.1) is 5.10 Å². The van der Waals surface area contributed by atoms with Crippen LogP contribution in [0.25, 0.3) is 5.69 Å². The third kappa shape index (κ3) is 4.65. The Bertz CT molecular complexity index is 1000. The molecule has 1 aromatic heterocycles. The van der Waals surface area contributed by atoms with Crippen LogP contribution in [-0.4, -0.2) is 31.8 Å². The standard InChI is InChI=1S/C21H21N5O2S/c1-14(19(27)23-24-20(28)16-8-4-2-5-9-16)29-21-22-18(15-12-13-15)26(25-21)17-10-6-3-7-11-17/h2-11,14-15H,12-13H2,1H3,(H,23,27)(H,24,28)/t14-/m0/s1. The molecule has 7 nitrogen and oxygen atoms in total. The maximum atomic E-state index is 12.4. The summed E-state index contributed by atoms with van der Waals surface area (Å²) in [6.45, 7) is 1.76. The third-order valence-corrected chi connectivity index (χ3v) is 5.49. The van der Waals surface area contributed by atoms with Crippen molar-refractivity contribution in [2.24, 2.45) is 0 Å². The molecule has 29 heavy (non-hydrogen) atoms. The van der Waals surface area contributed by atoms with Crippen LogP contribution in [0.5, 0.6) is 0 Å². The Balaban J connectivity index is 1.40. The molecular formula is C21H21N5O2S. The first kappa shape index (κ1) is 19.2. The van der Waals surface area contributed by atoms with Crippen LogP contribution in [0.15, 0.2) is 65.8 Å². The number of rotatable bonds is 6. The number of hydrogen-bond acceptors (Lipinski definition) is 5. The normalized spacial score (nSPS) is 14.2. The number of carbonyl (C=O) groups excluding carboxylic acids is 2. The maximum absolute atomic E-state index is 12.4. The molecule has 8 heteroatoms. The zero-order valence-corrected chi connectivity index (χ0v) is 16.7. The summed E-state index contributed by atoms with van der Waals surface area (Å²) in [4.78, 5) is 29.1. The van der Waals surface area contributed by atoms with Gasteiger partial charge in [-0.05, 0) is 44.0 Å². The van der Waals surface area contributed by atoms with E-state index in [9.17, 15) is 9.59 Å². The molecule has 1 aliphatic rings. The quantitative estimate of drug-likeness (QED) is 0.484. The second-order valence-electron chi connectivity index (χ2n) is 6.84. The molecule has 0 saturated heterocycles. The molecule has 2 aromatic carbocycles.